The summed E-state index contributed by atoms with van der Waals surface area (Å²) in [4.78, 5) is 12.8. The monoisotopic (exact) mass is 340 g/mol. The summed E-state index contributed by atoms with van der Waals surface area (Å²) >= 11 is 5.11. The van der Waals surface area contributed by atoms with E-state index in [1.54, 1.807) is 11.8 Å². The van der Waals surface area contributed by atoms with Crippen LogP contribution in [0.25, 0.3) is 0 Å². The number of amides is 1. The fraction of sp³-hybridized carbons (Fsp3) is 0.250. The molecule has 0 saturated heterocycles. The van der Waals surface area contributed by atoms with Gasteiger partial charge in [0.15, 0.2) is 5.69 Å². The molecule has 2 aromatic rings. The van der Waals surface area contributed by atoms with Crippen molar-refractivity contribution in [3.8, 4) is 0 Å². The number of aromatic amines is 1. The van der Waals surface area contributed by atoms with Gasteiger partial charge in [0.2, 0.25) is 0 Å². The van der Waals surface area contributed by atoms with E-state index in [0.29, 0.717) is 12.2 Å². The zero-order valence-electron chi connectivity index (χ0n) is 10.3. The van der Waals surface area contributed by atoms with Gasteiger partial charge in [-0.05, 0) is 24.3 Å². The fourth-order valence-electron chi connectivity index (χ4n) is 1.43. The summed E-state index contributed by atoms with van der Waals surface area (Å²) in [7, 11) is 0. The van der Waals surface area contributed by atoms with Crippen molar-refractivity contribution >= 4 is 33.6 Å². The number of H-pyrrole nitrogens is 1. The van der Waals surface area contributed by atoms with Crippen LogP contribution in [0.2, 0.25) is 0 Å². The molecule has 0 saturated carbocycles. The molecule has 0 unspecified atom stereocenters. The largest absolute Gasteiger partial charge is 0.349 e. The highest BCUT2D eigenvalue weighted by atomic mass is 79.9. The third-order valence-electron chi connectivity index (χ3n) is 2.35. The summed E-state index contributed by atoms with van der Waals surface area (Å²) in [5.41, 5.74) is 0.306. The second kappa shape index (κ2) is 6.72. The van der Waals surface area contributed by atoms with Crippen LogP contribution >= 0.6 is 27.7 Å². The number of rotatable bonds is 5. The van der Waals surface area contributed by atoms with Gasteiger partial charge in [-0.2, -0.15) is 15.4 Å². The highest BCUT2D eigenvalue weighted by molar-refractivity contribution is 9.10. The number of hydrogen-bond acceptors (Lipinski definition) is 4. The van der Waals surface area contributed by atoms with E-state index >= 15 is 0 Å². The molecule has 5 nitrogen and oxygen atoms in total. The minimum Gasteiger partial charge on any atom is -0.349 e. The molecule has 100 valence electrons. The lowest BCUT2D eigenvalue weighted by atomic mass is 10.4. The first-order valence-corrected chi connectivity index (χ1v) is 7.38. The van der Waals surface area contributed by atoms with Crippen LogP contribution in [0.3, 0.4) is 0 Å². The molecule has 1 atom stereocenters. The summed E-state index contributed by atoms with van der Waals surface area (Å²) in [6, 6.07) is 8.10. The number of halogens is 1. The SMILES string of the molecule is C[C@H](CNC(=O)c1cn[nH]n1)Sc1ccc(Br)cc1. The molecule has 19 heavy (non-hydrogen) atoms. The highest BCUT2D eigenvalue weighted by Crippen LogP contribution is 2.24. The van der Waals surface area contributed by atoms with Crippen molar-refractivity contribution < 1.29 is 4.79 Å². The lowest BCUT2D eigenvalue weighted by Gasteiger charge is -2.11. The predicted molar refractivity (Wildman–Crippen MR) is 78.2 cm³/mol. The van der Waals surface area contributed by atoms with E-state index < -0.39 is 0 Å². The molecule has 1 amide bonds. The quantitative estimate of drug-likeness (QED) is 0.820. The molecule has 0 aliphatic rings. The van der Waals surface area contributed by atoms with Crippen LogP contribution in [0.4, 0.5) is 0 Å². The van der Waals surface area contributed by atoms with Gasteiger partial charge in [-0.3, -0.25) is 4.79 Å². The molecule has 2 N–H and O–H groups in total. The Balaban J connectivity index is 1.80. The van der Waals surface area contributed by atoms with Crippen molar-refractivity contribution in [3.05, 3.63) is 40.6 Å². The van der Waals surface area contributed by atoms with Gasteiger partial charge in [0.25, 0.3) is 5.91 Å². The smallest absolute Gasteiger partial charge is 0.273 e. The third kappa shape index (κ3) is 4.36. The number of carbonyl (C=O) groups excluding carboxylic acids is 1. The van der Waals surface area contributed by atoms with Gasteiger partial charge in [-0.25, -0.2) is 0 Å². The van der Waals surface area contributed by atoms with E-state index in [1.807, 2.05) is 24.3 Å². The number of carbonyl (C=O) groups is 1. The van der Waals surface area contributed by atoms with Gasteiger partial charge >= 0.3 is 0 Å². The number of nitrogens with one attached hydrogen (secondary N) is 2. The topological polar surface area (TPSA) is 70.7 Å². The van der Waals surface area contributed by atoms with Crippen LogP contribution in [0.5, 0.6) is 0 Å². The summed E-state index contributed by atoms with van der Waals surface area (Å²) in [6.45, 7) is 2.64. The first kappa shape index (κ1) is 14.1. The van der Waals surface area contributed by atoms with Gasteiger partial charge in [0, 0.05) is 21.2 Å². The molecule has 0 aliphatic heterocycles. The van der Waals surface area contributed by atoms with Gasteiger partial charge in [0.1, 0.15) is 0 Å². The van der Waals surface area contributed by atoms with Gasteiger partial charge in [-0.1, -0.05) is 22.9 Å². The molecule has 0 spiro atoms. The zero-order chi connectivity index (χ0) is 13.7. The van der Waals surface area contributed by atoms with Crippen LogP contribution in [0.1, 0.15) is 17.4 Å². The highest BCUT2D eigenvalue weighted by Gasteiger charge is 2.10. The van der Waals surface area contributed by atoms with Gasteiger partial charge < -0.3 is 5.32 Å². The van der Waals surface area contributed by atoms with Crippen molar-refractivity contribution in [1.29, 1.82) is 0 Å². The van der Waals surface area contributed by atoms with E-state index in [1.165, 1.54) is 11.1 Å². The molecule has 7 heteroatoms. The molecule has 0 bridgehead atoms. The predicted octanol–water partition coefficient (Wildman–Crippen LogP) is 2.48. The molecule has 0 fully saturated rings. The first-order chi connectivity index (χ1) is 9.15. The minimum absolute atomic E-state index is 0.211. The van der Waals surface area contributed by atoms with E-state index in [2.05, 4.69) is 43.6 Å². The van der Waals surface area contributed by atoms with Crippen molar-refractivity contribution in [2.24, 2.45) is 0 Å². The number of benzene rings is 1. The first-order valence-electron chi connectivity index (χ1n) is 5.71. The Labute approximate surface area is 123 Å². The van der Waals surface area contributed by atoms with Crippen molar-refractivity contribution in [1.82, 2.24) is 20.7 Å². The average molecular weight is 341 g/mol. The van der Waals surface area contributed by atoms with E-state index in [4.69, 9.17) is 0 Å². The summed E-state index contributed by atoms with van der Waals surface area (Å²) in [6.07, 6.45) is 1.40. The second-order valence-corrected chi connectivity index (χ2v) is 6.38. The number of nitrogens with zero attached hydrogens (tertiary/aromatic N) is 2. The van der Waals surface area contributed by atoms with Crippen LogP contribution in [0, 0.1) is 0 Å². The maximum atomic E-state index is 11.7. The Hall–Kier alpha value is -1.34. The fourth-order valence-corrected chi connectivity index (χ4v) is 2.61. The molecule has 1 heterocycles. The average Bonchev–Trinajstić information content (AvgIpc) is 2.93. The molecular weight excluding hydrogens is 328 g/mol. The maximum Gasteiger partial charge on any atom is 0.273 e. The molecule has 1 aromatic heterocycles. The van der Waals surface area contributed by atoms with E-state index in [0.717, 1.165) is 4.47 Å². The van der Waals surface area contributed by atoms with Crippen LogP contribution in [-0.2, 0) is 0 Å². The zero-order valence-corrected chi connectivity index (χ0v) is 12.7. The number of hydrogen-bond donors (Lipinski definition) is 2. The standard InChI is InChI=1S/C12H13BrN4OS/c1-8(19-10-4-2-9(13)3-5-10)6-14-12(18)11-7-15-17-16-11/h2-5,7-8H,6H2,1H3,(H,14,18)(H,15,16,17)/t8-/m1/s1. The Morgan fingerprint density at radius 3 is 2.84 bits per heavy atom. The van der Waals surface area contributed by atoms with Crippen molar-refractivity contribution in [2.75, 3.05) is 6.54 Å². The van der Waals surface area contributed by atoms with Crippen molar-refractivity contribution in [3.63, 3.8) is 0 Å². The maximum absolute atomic E-state index is 11.7. The molecule has 1 aromatic carbocycles. The number of thioether (sulfide) groups is 1. The van der Waals surface area contributed by atoms with Gasteiger partial charge in [-0.15, -0.1) is 11.8 Å². The van der Waals surface area contributed by atoms with E-state index in [-0.39, 0.29) is 11.2 Å². The van der Waals surface area contributed by atoms with Crippen LogP contribution in [-0.4, -0.2) is 33.1 Å². The minimum atomic E-state index is -0.211. The Kier molecular flexibility index (Phi) is 4.98. The van der Waals surface area contributed by atoms with Gasteiger partial charge in [0.05, 0.1) is 6.20 Å². The molecular formula is C12H13BrN4OS. The van der Waals surface area contributed by atoms with Crippen LogP contribution in [0.15, 0.2) is 39.8 Å². The third-order valence-corrected chi connectivity index (χ3v) is 3.99. The lowest BCUT2D eigenvalue weighted by Crippen LogP contribution is -2.29. The Morgan fingerprint density at radius 2 is 2.21 bits per heavy atom. The summed E-state index contributed by atoms with van der Waals surface area (Å²) in [5.74, 6) is -0.211. The van der Waals surface area contributed by atoms with Crippen molar-refractivity contribution in [2.45, 2.75) is 17.1 Å². The summed E-state index contributed by atoms with van der Waals surface area (Å²) in [5, 5.41) is 12.8. The normalized spacial score (nSPS) is 12.1. The summed E-state index contributed by atoms with van der Waals surface area (Å²) < 4.78 is 1.06. The van der Waals surface area contributed by atoms with Crippen LogP contribution < -0.4 is 5.32 Å². The number of aromatic nitrogens is 3. The molecule has 0 aliphatic carbocycles. The second-order valence-electron chi connectivity index (χ2n) is 3.95. The Morgan fingerprint density at radius 1 is 1.47 bits per heavy atom. The molecule has 2 rings (SSSR count). The molecule has 0 radical (unpaired) electrons. The Bertz CT molecular complexity index is 529. The lowest BCUT2D eigenvalue weighted by molar-refractivity contribution is 0.0949. The van der Waals surface area contributed by atoms with E-state index in [9.17, 15) is 4.79 Å².